The third kappa shape index (κ3) is 3.55. The van der Waals surface area contributed by atoms with Gasteiger partial charge in [0.05, 0.1) is 0 Å². The van der Waals surface area contributed by atoms with Gasteiger partial charge in [-0.3, -0.25) is 0 Å². The molecule has 0 bridgehead atoms. The van der Waals surface area contributed by atoms with Gasteiger partial charge in [0, 0.05) is 24.5 Å². The van der Waals surface area contributed by atoms with Gasteiger partial charge in [-0.05, 0) is 24.9 Å². The molecule has 1 saturated carbocycles. The maximum Gasteiger partial charge on any atom is 0.0189 e. The zero-order valence-corrected chi connectivity index (χ0v) is 10.9. The first-order chi connectivity index (χ1) is 8.35. The highest BCUT2D eigenvalue weighted by Gasteiger charge is 2.37. The Balaban J connectivity index is 1.73. The molecule has 0 aliphatic heterocycles. The summed E-state index contributed by atoms with van der Waals surface area (Å²) >= 11 is 0. The SMILES string of the molecule is CCNC(CC)CN[C@@H]1C[C@H]1c1ccccc1. The molecule has 0 heterocycles. The zero-order valence-electron chi connectivity index (χ0n) is 10.9. The zero-order chi connectivity index (χ0) is 12.1. The Morgan fingerprint density at radius 2 is 2.00 bits per heavy atom. The predicted molar refractivity (Wildman–Crippen MR) is 73.3 cm³/mol. The lowest BCUT2D eigenvalue weighted by atomic mass is 10.1. The van der Waals surface area contributed by atoms with Crippen molar-refractivity contribution in [2.45, 2.75) is 44.7 Å². The van der Waals surface area contributed by atoms with Gasteiger partial charge in [-0.25, -0.2) is 0 Å². The monoisotopic (exact) mass is 232 g/mol. The summed E-state index contributed by atoms with van der Waals surface area (Å²) in [6.45, 7) is 6.58. The number of rotatable bonds is 7. The van der Waals surface area contributed by atoms with E-state index >= 15 is 0 Å². The standard InChI is InChI=1S/C15H24N2/c1-3-13(16-4-2)11-17-15-10-14(15)12-8-6-5-7-9-12/h5-9,13-17H,3-4,10-11H2,1-2H3/t13?,14-,15+/m0/s1. The predicted octanol–water partition coefficient (Wildman–Crippen LogP) is 2.52. The van der Waals surface area contributed by atoms with Gasteiger partial charge < -0.3 is 10.6 Å². The third-order valence-corrected chi connectivity index (χ3v) is 3.63. The molecule has 2 rings (SSSR count). The van der Waals surface area contributed by atoms with Crippen molar-refractivity contribution in [1.82, 2.24) is 10.6 Å². The molecule has 3 atom stereocenters. The molecule has 2 heteroatoms. The second-order valence-electron chi connectivity index (χ2n) is 4.93. The first-order valence-corrected chi connectivity index (χ1v) is 6.86. The van der Waals surface area contributed by atoms with Crippen molar-refractivity contribution in [3.8, 4) is 0 Å². The molecule has 0 spiro atoms. The van der Waals surface area contributed by atoms with E-state index in [9.17, 15) is 0 Å². The summed E-state index contributed by atoms with van der Waals surface area (Å²) < 4.78 is 0. The molecule has 17 heavy (non-hydrogen) atoms. The third-order valence-electron chi connectivity index (χ3n) is 3.63. The quantitative estimate of drug-likeness (QED) is 0.755. The van der Waals surface area contributed by atoms with E-state index in [-0.39, 0.29) is 0 Å². The second-order valence-corrected chi connectivity index (χ2v) is 4.93. The van der Waals surface area contributed by atoms with E-state index in [1.54, 1.807) is 0 Å². The van der Waals surface area contributed by atoms with Crippen LogP contribution in [-0.2, 0) is 0 Å². The van der Waals surface area contributed by atoms with Crippen LogP contribution in [0.15, 0.2) is 30.3 Å². The van der Waals surface area contributed by atoms with Crippen molar-refractivity contribution in [3.05, 3.63) is 35.9 Å². The summed E-state index contributed by atoms with van der Waals surface area (Å²) in [7, 11) is 0. The molecule has 1 aromatic rings. The van der Waals surface area contributed by atoms with E-state index < -0.39 is 0 Å². The van der Waals surface area contributed by atoms with Gasteiger partial charge in [0.2, 0.25) is 0 Å². The lowest BCUT2D eigenvalue weighted by molar-refractivity contribution is 0.469. The highest BCUT2D eigenvalue weighted by molar-refractivity contribution is 5.27. The molecule has 1 aromatic carbocycles. The Labute approximate surface area is 105 Å². The minimum Gasteiger partial charge on any atom is -0.313 e. The average Bonchev–Trinajstić information content (AvgIpc) is 3.15. The number of benzene rings is 1. The van der Waals surface area contributed by atoms with Crippen molar-refractivity contribution < 1.29 is 0 Å². The van der Waals surface area contributed by atoms with Gasteiger partial charge in [0.1, 0.15) is 0 Å². The van der Waals surface area contributed by atoms with Crippen LogP contribution in [0.3, 0.4) is 0 Å². The summed E-state index contributed by atoms with van der Waals surface area (Å²) in [6, 6.07) is 12.2. The van der Waals surface area contributed by atoms with Gasteiger partial charge in [-0.2, -0.15) is 0 Å². The molecule has 1 aliphatic carbocycles. The minimum absolute atomic E-state index is 0.622. The van der Waals surface area contributed by atoms with Crippen LogP contribution in [0.2, 0.25) is 0 Å². The summed E-state index contributed by atoms with van der Waals surface area (Å²) in [4.78, 5) is 0. The fraction of sp³-hybridized carbons (Fsp3) is 0.600. The van der Waals surface area contributed by atoms with Gasteiger partial charge in [0.15, 0.2) is 0 Å². The highest BCUT2D eigenvalue weighted by atomic mass is 15.0. The van der Waals surface area contributed by atoms with Crippen molar-refractivity contribution in [2.75, 3.05) is 13.1 Å². The van der Waals surface area contributed by atoms with Gasteiger partial charge >= 0.3 is 0 Å². The van der Waals surface area contributed by atoms with Crippen LogP contribution in [0.5, 0.6) is 0 Å². The van der Waals surface area contributed by atoms with E-state index in [1.807, 2.05) is 0 Å². The lowest BCUT2D eigenvalue weighted by Crippen LogP contribution is -2.39. The fourth-order valence-corrected chi connectivity index (χ4v) is 2.43. The van der Waals surface area contributed by atoms with Crippen molar-refractivity contribution in [2.24, 2.45) is 0 Å². The number of hydrogen-bond acceptors (Lipinski definition) is 2. The van der Waals surface area contributed by atoms with Crippen LogP contribution in [0.25, 0.3) is 0 Å². The van der Waals surface area contributed by atoms with E-state index in [2.05, 4.69) is 54.8 Å². The molecule has 1 fully saturated rings. The number of likely N-dealkylation sites (N-methyl/N-ethyl adjacent to an activating group) is 1. The Hall–Kier alpha value is -0.860. The normalized spacial score (nSPS) is 24.6. The average molecular weight is 232 g/mol. The molecule has 0 amide bonds. The van der Waals surface area contributed by atoms with Crippen molar-refractivity contribution >= 4 is 0 Å². The van der Waals surface area contributed by atoms with E-state index in [0.29, 0.717) is 12.1 Å². The fourth-order valence-electron chi connectivity index (χ4n) is 2.43. The van der Waals surface area contributed by atoms with Crippen LogP contribution in [0.1, 0.15) is 38.2 Å². The Morgan fingerprint density at radius 3 is 2.65 bits per heavy atom. The van der Waals surface area contributed by atoms with Crippen LogP contribution in [0.4, 0.5) is 0 Å². The van der Waals surface area contributed by atoms with Gasteiger partial charge in [-0.1, -0.05) is 44.2 Å². The molecule has 2 N–H and O–H groups in total. The summed E-state index contributed by atoms with van der Waals surface area (Å²) in [5, 5.41) is 7.19. The Bertz CT molecular complexity index is 323. The largest absolute Gasteiger partial charge is 0.313 e. The van der Waals surface area contributed by atoms with Crippen molar-refractivity contribution in [1.29, 1.82) is 0 Å². The summed E-state index contributed by atoms with van der Waals surface area (Å²) in [5.74, 6) is 0.746. The molecule has 1 aliphatic rings. The summed E-state index contributed by atoms with van der Waals surface area (Å²) in [5.41, 5.74) is 1.49. The molecular formula is C15H24N2. The van der Waals surface area contributed by atoms with Gasteiger partial charge in [0.25, 0.3) is 0 Å². The minimum atomic E-state index is 0.622. The molecule has 0 aromatic heterocycles. The lowest BCUT2D eigenvalue weighted by Gasteiger charge is -2.16. The highest BCUT2D eigenvalue weighted by Crippen LogP contribution is 2.40. The molecule has 2 nitrogen and oxygen atoms in total. The van der Waals surface area contributed by atoms with Crippen LogP contribution >= 0.6 is 0 Å². The van der Waals surface area contributed by atoms with Crippen molar-refractivity contribution in [3.63, 3.8) is 0 Å². The number of nitrogens with one attached hydrogen (secondary N) is 2. The van der Waals surface area contributed by atoms with Crippen LogP contribution in [0, 0.1) is 0 Å². The summed E-state index contributed by atoms with van der Waals surface area (Å²) in [6.07, 6.45) is 2.50. The molecule has 0 saturated heterocycles. The van der Waals surface area contributed by atoms with E-state index in [4.69, 9.17) is 0 Å². The van der Waals surface area contributed by atoms with E-state index in [1.165, 1.54) is 18.4 Å². The first kappa shape index (κ1) is 12.6. The van der Waals surface area contributed by atoms with Gasteiger partial charge in [-0.15, -0.1) is 0 Å². The van der Waals surface area contributed by atoms with Crippen LogP contribution < -0.4 is 10.6 Å². The first-order valence-electron chi connectivity index (χ1n) is 6.86. The molecular weight excluding hydrogens is 208 g/mol. The maximum absolute atomic E-state index is 3.68. The maximum atomic E-state index is 3.68. The molecule has 94 valence electrons. The van der Waals surface area contributed by atoms with Crippen LogP contribution in [-0.4, -0.2) is 25.2 Å². The molecule has 0 radical (unpaired) electrons. The topological polar surface area (TPSA) is 24.1 Å². The Kier molecular flexibility index (Phi) is 4.57. The smallest absolute Gasteiger partial charge is 0.0189 e. The Morgan fingerprint density at radius 1 is 1.24 bits per heavy atom. The van der Waals surface area contributed by atoms with E-state index in [0.717, 1.165) is 19.0 Å². The second kappa shape index (κ2) is 6.18. The number of hydrogen-bond donors (Lipinski definition) is 2. The molecule has 1 unspecified atom stereocenters.